The predicted molar refractivity (Wildman–Crippen MR) is 50.2 cm³/mol. The number of amides is 1. The summed E-state index contributed by atoms with van der Waals surface area (Å²) in [5, 5.41) is 20.0. The molecule has 1 aliphatic carbocycles. The normalized spacial score (nSPS) is 32.6. The molecule has 0 unspecified atom stereocenters. The van der Waals surface area contributed by atoms with Crippen LogP contribution in [0.3, 0.4) is 0 Å². The summed E-state index contributed by atoms with van der Waals surface area (Å²) >= 11 is 0. The highest BCUT2D eigenvalue weighted by Crippen LogP contribution is 2.26. The van der Waals surface area contributed by atoms with Crippen molar-refractivity contribution in [2.24, 2.45) is 5.92 Å². The second kappa shape index (κ2) is 5.17. The quantitative estimate of drug-likeness (QED) is 0.621. The first-order valence-electron chi connectivity index (χ1n) is 4.80. The van der Waals surface area contributed by atoms with Crippen molar-refractivity contribution in [3.05, 3.63) is 0 Å². The molecule has 82 valence electrons. The van der Waals surface area contributed by atoms with Gasteiger partial charge >= 0.3 is 6.09 Å². The zero-order valence-corrected chi connectivity index (χ0v) is 8.27. The largest absolute Gasteiger partial charge is 0.465 e. The van der Waals surface area contributed by atoms with E-state index in [0.29, 0.717) is 6.42 Å². The molecule has 3 atom stereocenters. The molecule has 5 nitrogen and oxygen atoms in total. The van der Waals surface area contributed by atoms with Crippen LogP contribution in [0.15, 0.2) is 0 Å². The van der Waals surface area contributed by atoms with E-state index in [2.05, 4.69) is 5.32 Å². The van der Waals surface area contributed by atoms with E-state index in [1.807, 2.05) is 0 Å². The second-order valence-electron chi connectivity index (χ2n) is 3.68. The standard InChI is InChI=1S/C9H17NO4/c1-14-8-4-7(10-9(12)13)3-2-6(8)5-11/h6-8,10-11H,2-5H2,1H3,(H,12,13)/t6-,7+,8+/m1/s1. The molecule has 5 heteroatoms. The van der Waals surface area contributed by atoms with Crippen molar-refractivity contribution >= 4 is 6.09 Å². The van der Waals surface area contributed by atoms with E-state index in [0.717, 1.165) is 12.8 Å². The molecule has 1 saturated carbocycles. The van der Waals surface area contributed by atoms with Gasteiger partial charge in [0, 0.05) is 25.7 Å². The van der Waals surface area contributed by atoms with Gasteiger partial charge in [0.15, 0.2) is 0 Å². The molecule has 1 fully saturated rings. The number of carboxylic acid groups (broad SMARTS) is 1. The van der Waals surface area contributed by atoms with Gasteiger partial charge < -0.3 is 20.3 Å². The molecule has 0 saturated heterocycles. The Labute approximate surface area is 83.1 Å². The number of rotatable bonds is 3. The summed E-state index contributed by atoms with van der Waals surface area (Å²) in [6.07, 6.45) is 1.20. The lowest BCUT2D eigenvalue weighted by Crippen LogP contribution is -2.43. The molecule has 3 N–H and O–H groups in total. The van der Waals surface area contributed by atoms with Gasteiger partial charge in [-0.15, -0.1) is 0 Å². The zero-order valence-electron chi connectivity index (χ0n) is 8.27. The number of ether oxygens (including phenoxy) is 1. The summed E-state index contributed by atoms with van der Waals surface area (Å²) in [5.74, 6) is 0.145. The summed E-state index contributed by atoms with van der Waals surface area (Å²) in [6.45, 7) is 0.109. The Balaban J connectivity index is 2.43. The highest BCUT2D eigenvalue weighted by atomic mass is 16.5. The van der Waals surface area contributed by atoms with E-state index in [1.54, 1.807) is 7.11 Å². The molecule has 0 aromatic rings. The Bertz CT molecular complexity index is 197. The topological polar surface area (TPSA) is 78.8 Å². The third kappa shape index (κ3) is 2.85. The number of methoxy groups -OCH3 is 1. The van der Waals surface area contributed by atoms with Crippen molar-refractivity contribution in [3.63, 3.8) is 0 Å². The molecule has 0 aromatic heterocycles. The fraction of sp³-hybridized carbons (Fsp3) is 0.889. The van der Waals surface area contributed by atoms with Gasteiger partial charge in [-0.05, 0) is 19.3 Å². The number of hydrogen-bond donors (Lipinski definition) is 3. The number of nitrogens with one attached hydrogen (secondary N) is 1. The van der Waals surface area contributed by atoms with Gasteiger partial charge in [0.1, 0.15) is 0 Å². The summed E-state index contributed by atoms with van der Waals surface area (Å²) in [5.41, 5.74) is 0. The van der Waals surface area contributed by atoms with Crippen molar-refractivity contribution in [1.82, 2.24) is 5.32 Å². The molecular weight excluding hydrogens is 186 g/mol. The SMILES string of the molecule is CO[C@H]1C[C@@H](NC(=O)O)CC[C@@H]1CO. The molecule has 1 rings (SSSR count). The van der Waals surface area contributed by atoms with Crippen LogP contribution >= 0.6 is 0 Å². The minimum Gasteiger partial charge on any atom is -0.465 e. The zero-order chi connectivity index (χ0) is 10.6. The van der Waals surface area contributed by atoms with Gasteiger partial charge in [-0.3, -0.25) is 0 Å². The molecule has 0 aliphatic heterocycles. The van der Waals surface area contributed by atoms with Crippen molar-refractivity contribution in [3.8, 4) is 0 Å². The molecular formula is C9H17NO4. The van der Waals surface area contributed by atoms with Crippen LogP contribution in [-0.4, -0.2) is 42.2 Å². The van der Waals surface area contributed by atoms with Gasteiger partial charge in [0.25, 0.3) is 0 Å². The first-order valence-corrected chi connectivity index (χ1v) is 4.80. The number of aliphatic hydroxyl groups is 1. The van der Waals surface area contributed by atoms with E-state index >= 15 is 0 Å². The number of hydrogen-bond acceptors (Lipinski definition) is 3. The summed E-state index contributed by atoms with van der Waals surface area (Å²) < 4.78 is 5.21. The Kier molecular flexibility index (Phi) is 4.16. The van der Waals surface area contributed by atoms with Crippen molar-refractivity contribution in [2.75, 3.05) is 13.7 Å². The molecule has 0 heterocycles. The number of carbonyl (C=O) groups is 1. The van der Waals surface area contributed by atoms with E-state index in [1.165, 1.54) is 0 Å². The fourth-order valence-corrected chi connectivity index (χ4v) is 2.00. The monoisotopic (exact) mass is 203 g/mol. The smallest absolute Gasteiger partial charge is 0.404 e. The van der Waals surface area contributed by atoms with Crippen molar-refractivity contribution in [1.29, 1.82) is 0 Å². The van der Waals surface area contributed by atoms with Crippen LogP contribution in [0.25, 0.3) is 0 Å². The molecule has 14 heavy (non-hydrogen) atoms. The highest BCUT2D eigenvalue weighted by Gasteiger charge is 2.30. The van der Waals surface area contributed by atoms with Crippen LogP contribution in [0.4, 0.5) is 4.79 Å². The van der Waals surface area contributed by atoms with Gasteiger partial charge in [-0.2, -0.15) is 0 Å². The lowest BCUT2D eigenvalue weighted by Gasteiger charge is -2.34. The summed E-state index contributed by atoms with van der Waals surface area (Å²) in [6, 6.07) is -0.0414. The van der Waals surface area contributed by atoms with E-state index in [-0.39, 0.29) is 24.7 Å². The van der Waals surface area contributed by atoms with Crippen molar-refractivity contribution < 1.29 is 19.7 Å². The fourth-order valence-electron chi connectivity index (χ4n) is 2.00. The maximum Gasteiger partial charge on any atom is 0.404 e. The Hall–Kier alpha value is -0.810. The average molecular weight is 203 g/mol. The Morgan fingerprint density at radius 2 is 2.29 bits per heavy atom. The Morgan fingerprint density at radius 1 is 1.57 bits per heavy atom. The van der Waals surface area contributed by atoms with Gasteiger partial charge in [0.2, 0.25) is 0 Å². The first kappa shape index (κ1) is 11.3. The lowest BCUT2D eigenvalue weighted by molar-refractivity contribution is -0.00853. The highest BCUT2D eigenvalue weighted by molar-refractivity contribution is 5.64. The van der Waals surface area contributed by atoms with Gasteiger partial charge in [0.05, 0.1) is 6.10 Å². The maximum atomic E-state index is 10.4. The predicted octanol–water partition coefficient (Wildman–Crippen LogP) is 0.430. The Morgan fingerprint density at radius 3 is 2.79 bits per heavy atom. The molecule has 0 aromatic carbocycles. The second-order valence-corrected chi connectivity index (χ2v) is 3.68. The summed E-state index contributed by atoms with van der Waals surface area (Å²) in [4.78, 5) is 10.4. The third-order valence-corrected chi connectivity index (χ3v) is 2.79. The van der Waals surface area contributed by atoms with Crippen LogP contribution in [0.1, 0.15) is 19.3 Å². The molecule has 0 spiro atoms. The molecule has 1 aliphatic rings. The average Bonchev–Trinajstić information content (AvgIpc) is 2.16. The number of aliphatic hydroxyl groups excluding tert-OH is 1. The third-order valence-electron chi connectivity index (χ3n) is 2.79. The van der Waals surface area contributed by atoms with Gasteiger partial charge in [-0.1, -0.05) is 0 Å². The van der Waals surface area contributed by atoms with Crippen LogP contribution in [-0.2, 0) is 4.74 Å². The van der Waals surface area contributed by atoms with Gasteiger partial charge in [-0.25, -0.2) is 4.79 Å². The minimum atomic E-state index is -0.993. The molecule has 1 amide bonds. The molecule has 0 radical (unpaired) electrons. The molecule has 0 bridgehead atoms. The lowest BCUT2D eigenvalue weighted by atomic mass is 9.84. The maximum absolute atomic E-state index is 10.4. The van der Waals surface area contributed by atoms with E-state index in [4.69, 9.17) is 14.9 Å². The van der Waals surface area contributed by atoms with Crippen molar-refractivity contribution in [2.45, 2.75) is 31.4 Å². The minimum absolute atomic E-state index is 0.0365. The van der Waals surface area contributed by atoms with E-state index in [9.17, 15) is 4.79 Å². The first-order chi connectivity index (χ1) is 6.67. The van der Waals surface area contributed by atoms with Crippen LogP contribution in [0.2, 0.25) is 0 Å². The van der Waals surface area contributed by atoms with E-state index < -0.39 is 6.09 Å². The van der Waals surface area contributed by atoms with Crippen LogP contribution in [0.5, 0.6) is 0 Å². The van der Waals surface area contributed by atoms with Crippen LogP contribution < -0.4 is 5.32 Å². The summed E-state index contributed by atoms with van der Waals surface area (Å²) in [7, 11) is 1.59. The van der Waals surface area contributed by atoms with Crippen LogP contribution in [0, 0.1) is 5.92 Å².